The van der Waals surface area contributed by atoms with Gasteiger partial charge in [0.1, 0.15) is 11.4 Å². The lowest BCUT2D eigenvalue weighted by Crippen LogP contribution is -2.22. The minimum atomic E-state index is -0.234. The van der Waals surface area contributed by atoms with Crippen molar-refractivity contribution in [1.29, 1.82) is 0 Å². The van der Waals surface area contributed by atoms with Crippen LogP contribution in [0.1, 0.15) is 42.3 Å². The van der Waals surface area contributed by atoms with Crippen LogP contribution in [-0.4, -0.2) is 11.4 Å². The average Bonchev–Trinajstić information content (AvgIpc) is 2.38. The summed E-state index contributed by atoms with van der Waals surface area (Å²) in [7, 11) is 0. The Morgan fingerprint density at radius 2 is 1.30 bits per heavy atom. The second kappa shape index (κ2) is 5.49. The molecule has 0 aliphatic heterocycles. The maximum absolute atomic E-state index is 12.3. The summed E-state index contributed by atoms with van der Waals surface area (Å²) in [6.07, 6.45) is 0. The molecular formula is C18H20O2. The molecule has 0 radical (unpaired) electrons. The van der Waals surface area contributed by atoms with Gasteiger partial charge >= 0.3 is 0 Å². The molecule has 0 saturated carbocycles. The molecule has 2 nitrogen and oxygen atoms in total. The highest BCUT2D eigenvalue weighted by Gasteiger charge is 2.13. The van der Waals surface area contributed by atoms with Crippen molar-refractivity contribution in [1.82, 2.24) is 0 Å². The Bertz CT molecular complexity index is 587. The van der Waals surface area contributed by atoms with E-state index in [1.54, 1.807) is 0 Å². The third kappa shape index (κ3) is 3.70. The van der Waals surface area contributed by atoms with Crippen LogP contribution < -0.4 is 4.74 Å². The van der Waals surface area contributed by atoms with E-state index >= 15 is 0 Å². The van der Waals surface area contributed by atoms with E-state index in [2.05, 4.69) is 0 Å². The summed E-state index contributed by atoms with van der Waals surface area (Å²) in [6, 6.07) is 14.9. The number of benzene rings is 2. The van der Waals surface area contributed by atoms with Crippen LogP contribution in [0.15, 0.2) is 48.5 Å². The number of carbonyl (C=O) groups is 1. The molecule has 0 spiro atoms. The predicted molar refractivity (Wildman–Crippen MR) is 81.4 cm³/mol. The maximum atomic E-state index is 12.3. The summed E-state index contributed by atoms with van der Waals surface area (Å²) >= 11 is 0. The molecule has 0 bridgehead atoms. The van der Waals surface area contributed by atoms with Crippen molar-refractivity contribution < 1.29 is 9.53 Å². The van der Waals surface area contributed by atoms with Gasteiger partial charge in [0.05, 0.1) is 0 Å². The number of hydrogen-bond donors (Lipinski definition) is 0. The van der Waals surface area contributed by atoms with Gasteiger partial charge in [0, 0.05) is 11.1 Å². The third-order valence-electron chi connectivity index (χ3n) is 2.85. The highest BCUT2D eigenvalue weighted by molar-refractivity contribution is 6.09. The summed E-state index contributed by atoms with van der Waals surface area (Å²) in [6.45, 7) is 8.00. The van der Waals surface area contributed by atoms with Crippen LogP contribution in [0.3, 0.4) is 0 Å². The first-order chi connectivity index (χ1) is 9.35. The molecule has 0 unspecified atom stereocenters. The Morgan fingerprint density at radius 3 is 1.75 bits per heavy atom. The van der Waals surface area contributed by atoms with E-state index in [-0.39, 0.29) is 11.4 Å². The molecule has 0 amide bonds. The predicted octanol–water partition coefficient (Wildman–Crippen LogP) is 4.40. The minimum Gasteiger partial charge on any atom is -0.488 e. The fourth-order valence-corrected chi connectivity index (χ4v) is 1.90. The number of hydrogen-bond acceptors (Lipinski definition) is 2. The SMILES string of the molecule is Cc1ccc(C(=O)c2ccc(OC(C)(C)C)cc2)cc1. The summed E-state index contributed by atoms with van der Waals surface area (Å²) in [5, 5.41) is 0. The summed E-state index contributed by atoms with van der Waals surface area (Å²) < 4.78 is 5.75. The monoisotopic (exact) mass is 268 g/mol. The number of rotatable bonds is 3. The van der Waals surface area contributed by atoms with Crippen molar-refractivity contribution in [2.75, 3.05) is 0 Å². The number of aryl methyl sites for hydroxylation is 1. The quantitative estimate of drug-likeness (QED) is 0.771. The van der Waals surface area contributed by atoms with Gasteiger partial charge in [-0.2, -0.15) is 0 Å². The smallest absolute Gasteiger partial charge is 0.193 e. The zero-order valence-electron chi connectivity index (χ0n) is 12.4. The fraction of sp³-hybridized carbons (Fsp3) is 0.278. The van der Waals surface area contributed by atoms with Crippen LogP contribution in [0, 0.1) is 6.92 Å². The van der Waals surface area contributed by atoms with Crippen molar-refractivity contribution in [3.05, 3.63) is 65.2 Å². The van der Waals surface area contributed by atoms with Crippen molar-refractivity contribution in [3.8, 4) is 5.75 Å². The van der Waals surface area contributed by atoms with E-state index in [1.165, 1.54) is 0 Å². The first-order valence-corrected chi connectivity index (χ1v) is 6.76. The molecule has 0 aliphatic rings. The Balaban J connectivity index is 2.17. The summed E-state index contributed by atoms with van der Waals surface area (Å²) in [5.41, 5.74) is 2.30. The van der Waals surface area contributed by atoms with E-state index in [9.17, 15) is 4.79 Å². The normalized spacial score (nSPS) is 11.2. The van der Waals surface area contributed by atoms with Gasteiger partial charge in [-0.05, 0) is 52.0 Å². The Labute approximate surface area is 120 Å². The molecule has 2 heteroatoms. The van der Waals surface area contributed by atoms with Gasteiger partial charge in [-0.15, -0.1) is 0 Å². The average molecular weight is 268 g/mol. The van der Waals surface area contributed by atoms with E-state index in [4.69, 9.17) is 4.74 Å². The van der Waals surface area contributed by atoms with Gasteiger partial charge in [0.25, 0.3) is 0 Å². The summed E-state index contributed by atoms with van der Waals surface area (Å²) in [5.74, 6) is 0.810. The molecule has 0 heterocycles. The van der Waals surface area contributed by atoms with Crippen molar-refractivity contribution in [3.63, 3.8) is 0 Å². The molecule has 0 N–H and O–H groups in total. The Kier molecular flexibility index (Phi) is 3.93. The molecule has 0 saturated heterocycles. The van der Waals surface area contributed by atoms with Crippen molar-refractivity contribution in [2.45, 2.75) is 33.3 Å². The first kappa shape index (κ1) is 14.3. The van der Waals surface area contributed by atoms with Crippen LogP contribution in [0.5, 0.6) is 5.75 Å². The standard InChI is InChI=1S/C18H20O2/c1-13-5-7-14(8-6-13)17(19)15-9-11-16(12-10-15)20-18(2,3)4/h5-12H,1-4H3. The maximum Gasteiger partial charge on any atom is 0.193 e. The largest absolute Gasteiger partial charge is 0.488 e. The third-order valence-corrected chi connectivity index (χ3v) is 2.85. The molecular weight excluding hydrogens is 248 g/mol. The Morgan fingerprint density at radius 1 is 0.850 bits per heavy atom. The van der Waals surface area contributed by atoms with Gasteiger partial charge in [0.2, 0.25) is 0 Å². The molecule has 104 valence electrons. The fourth-order valence-electron chi connectivity index (χ4n) is 1.90. The molecule has 0 atom stereocenters. The van der Waals surface area contributed by atoms with Crippen LogP contribution >= 0.6 is 0 Å². The first-order valence-electron chi connectivity index (χ1n) is 6.76. The molecule has 2 aromatic rings. The molecule has 20 heavy (non-hydrogen) atoms. The van der Waals surface area contributed by atoms with Crippen molar-refractivity contribution in [2.24, 2.45) is 0 Å². The van der Waals surface area contributed by atoms with Gasteiger partial charge in [-0.25, -0.2) is 0 Å². The van der Waals surface area contributed by atoms with E-state index in [1.807, 2.05) is 76.2 Å². The molecule has 0 fully saturated rings. The Hall–Kier alpha value is -2.09. The van der Waals surface area contributed by atoms with Gasteiger partial charge in [0.15, 0.2) is 5.78 Å². The van der Waals surface area contributed by atoms with Gasteiger partial charge < -0.3 is 4.74 Å². The van der Waals surface area contributed by atoms with Crippen LogP contribution in [0.25, 0.3) is 0 Å². The number of carbonyl (C=O) groups excluding carboxylic acids is 1. The van der Waals surface area contributed by atoms with Crippen LogP contribution in [0.2, 0.25) is 0 Å². The van der Waals surface area contributed by atoms with E-state index in [0.717, 1.165) is 11.3 Å². The zero-order chi connectivity index (χ0) is 14.8. The van der Waals surface area contributed by atoms with Crippen LogP contribution in [0.4, 0.5) is 0 Å². The highest BCUT2D eigenvalue weighted by atomic mass is 16.5. The van der Waals surface area contributed by atoms with Gasteiger partial charge in [-0.3, -0.25) is 4.79 Å². The van der Waals surface area contributed by atoms with Crippen molar-refractivity contribution >= 4 is 5.78 Å². The van der Waals surface area contributed by atoms with Crippen LogP contribution in [-0.2, 0) is 0 Å². The highest BCUT2D eigenvalue weighted by Crippen LogP contribution is 2.20. The lowest BCUT2D eigenvalue weighted by atomic mass is 10.0. The summed E-state index contributed by atoms with van der Waals surface area (Å²) in [4.78, 5) is 12.3. The molecule has 2 aromatic carbocycles. The molecule has 0 aliphatic carbocycles. The van der Waals surface area contributed by atoms with E-state index < -0.39 is 0 Å². The van der Waals surface area contributed by atoms with E-state index in [0.29, 0.717) is 11.1 Å². The topological polar surface area (TPSA) is 26.3 Å². The molecule has 2 rings (SSSR count). The minimum absolute atomic E-state index is 0.0345. The molecule has 0 aromatic heterocycles. The lowest BCUT2D eigenvalue weighted by molar-refractivity contribution is 0.103. The second-order valence-corrected chi connectivity index (χ2v) is 5.93. The zero-order valence-corrected chi connectivity index (χ0v) is 12.4. The second-order valence-electron chi connectivity index (χ2n) is 5.93. The van der Waals surface area contributed by atoms with Gasteiger partial charge in [-0.1, -0.05) is 29.8 Å². The lowest BCUT2D eigenvalue weighted by Gasteiger charge is -2.21. The number of ketones is 1. The number of ether oxygens (including phenoxy) is 1.